The van der Waals surface area contributed by atoms with Gasteiger partial charge in [0.05, 0.1) is 23.6 Å². The van der Waals surface area contributed by atoms with E-state index in [1.165, 1.54) is 11.3 Å². The molecule has 2 aromatic heterocycles. The van der Waals surface area contributed by atoms with Crippen LogP contribution in [0.1, 0.15) is 40.3 Å². The quantitative estimate of drug-likeness (QED) is 0.413. The first-order chi connectivity index (χ1) is 15.9. The summed E-state index contributed by atoms with van der Waals surface area (Å²) in [5.41, 5.74) is 8.74. The minimum Gasteiger partial charge on any atom is -0.398 e. The van der Waals surface area contributed by atoms with Crippen LogP contribution in [0.2, 0.25) is 5.02 Å². The lowest BCUT2D eigenvalue weighted by Gasteiger charge is -2.25. The maximum atomic E-state index is 13.2. The number of carbonyl (C=O) groups excluding carboxylic acids is 1. The molecular weight excluding hydrogens is 458 g/mol. The summed E-state index contributed by atoms with van der Waals surface area (Å²) in [4.78, 5) is 35.3. The molecule has 1 fully saturated rings. The van der Waals surface area contributed by atoms with E-state index in [4.69, 9.17) is 17.3 Å². The molecule has 0 atom stereocenters. The molecule has 0 unspecified atom stereocenters. The van der Waals surface area contributed by atoms with Gasteiger partial charge in [0.1, 0.15) is 15.7 Å². The van der Waals surface area contributed by atoms with Crippen LogP contribution in [-0.4, -0.2) is 26.5 Å². The smallest absolute Gasteiger partial charge is 0.263 e. The number of amides is 1. The molecule has 1 amide bonds. The lowest BCUT2D eigenvalue weighted by molar-refractivity contribution is 0.0921. The van der Waals surface area contributed by atoms with Crippen LogP contribution in [0.5, 0.6) is 0 Å². The average molecular weight is 480 g/mol. The Morgan fingerprint density at radius 2 is 2.03 bits per heavy atom. The van der Waals surface area contributed by atoms with Crippen molar-refractivity contribution in [2.75, 3.05) is 5.73 Å². The first-order valence-corrected chi connectivity index (χ1v) is 11.9. The second kappa shape index (κ2) is 8.61. The van der Waals surface area contributed by atoms with Crippen molar-refractivity contribution in [1.29, 1.82) is 0 Å². The highest BCUT2D eigenvalue weighted by atomic mass is 35.5. The number of aryl methyl sites for hydroxylation is 1. The Morgan fingerprint density at radius 3 is 2.73 bits per heavy atom. The minimum absolute atomic E-state index is 0.109. The fourth-order valence-electron chi connectivity index (χ4n) is 3.85. The normalized spacial score (nSPS) is 13.8. The van der Waals surface area contributed by atoms with E-state index in [2.05, 4.69) is 15.3 Å². The maximum absolute atomic E-state index is 13.2. The first-order valence-electron chi connectivity index (χ1n) is 10.7. The summed E-state index contributed by atoms with van der Waals surface area (Å²) in [6.45, 7) is 2.19. The van der Waals surface area contributed by atoms with Gasteiger partial charge in [0.2, 0.25) is 0 Å². The van der Waals surface area contributed by atoms with Crippen LogP contribution in [0.3, 0.4) is 0 Å². The summed E-state index contributed by atoms with van der Waals surface area (Å²) in [6, 6.07) is 11.0. The van der Waals surface area contributed by atoms with Crippen LogP contribution < -0.4 is 16.6 Å². The zero-order valence-electron chi connectivity index (χ0n) is 18.0. The van der Waals surface area contributed by atoms with Crippen LogP contribution in [0.15, 0.2) is 47.4 Å². The second-order valence-electron chi connectivity index (χ2n) is 8.26. The van der Waals surface area contributed by atoms with Gasteiger partial charge in [-0.1, -0.05) is 23.7 Å². The minimum atomic E-state index is -0.162. The fraction of sp³-hybridized carbons (Fsp3) is 0.250. The van der Waals surface area contributed by atoms with Gasteiger partial charge in [0, 0.05) is 22.3 Å². The number of nitrogens with one attached hydrogen (secondary N) is 1. The molecule has 0 aliphatic heterocycles. The molecule has 2 heterocycles. The Balaban J connectivity index is 1.48. The van der Waals surface area contributed by atoms with E-state index in [0.717, 1.165) is 24.8 Å². The molecule has 168 valence electrons. The third kappa shape index (κ3) is 4.24. The number of benzene rings is 2. The summed E-state index contributed by atoms with van der Waals surface area (Å²) in [7, 11) is 0. The monoisotopic (exact) mass is 479 g/mol. The SMILES string of the molecule is Cc1nc2cc(-c3ncc(C(=O)NC4CCC4)s3)c(N)cc2c(=O)n1Cc1ccc(Cl)cc1. The molecule has 1 aliphatic rings. The molecule has 33 heavy (non-hydrogen) atoms. The van der Waals surface area contributed by atoms with Crippen molar-refractivity contribution >= 4 is 45.4 Å². The molecular formula is C24H22ClN5O2S. The van der Waals surface area contributed by atoms with E-state index in [-0.39, 0.29) is 17.5 Å². The number of aromatic nitrogens is 3. The van der Waals surface area contributed by atoms with Crippen molar-refractivity contribution in [2.45, 2.75) is 38.8 Å². The number of nitrogen functional groups attached to an aromatic ring is 1. The number of hydrogen-bond acceptors (Lipinski definition) is 6. The lowest BCUT2D eigenvalue weighted by Crippen LogP contribution is -2.39. The highest BCUT2D eigenvalue weighted by Crippen LogP contribution is 2.32. The number of hydrogen-bond donors (Lipinski definition) is 2. The van der Waals surface area contributed by atoms with E-state index in [0.29, 0.717) is 49.4 Å². The van der Waals surface area contributed by atoms with Crippen LogP contribution in [0.25, 0.3) is 21.5 Å². The van der Waals surface area contributed by atoms with Gasteiger partial charge < -0.3 is 11.1 Å². The van der Waals surface area contributed by atoms with Crippen molar-refractivity contribution in [2.24, 2.45) is 0 Å². The molecule has 0 radical (unpaired) electrons. The molecule has 1 aliphatic carbocycles. The van der Waals surface area contributed by atoms with Gasteiger partial charge in [-0.3, -0.25) is 14.2 Å². The molecule has 0 bridgehead atoms. The van der Waals surface area contributed by atoms with Gasteiger partial charge in [-0.05, 0) is 56.0 Å². The number of carbonyl (C=O) groups is 1. The van der Waals surface area contributed by atoms with E-state index in [1.807, 2.05) is 12.1 Å². The van der Waals surface area contributed by atoms with E-state index in [9.17, 15) is 9.59 Å². The Kier molecular flexibility index (Phi) is 5.64. The number of thiazole rings is 1. The highest BCUT2D eigenvalue weighted by molar-refractivity contribution is 7.17. The summed E-state index contributed by atoms with van der Waals surface area (Å²) >= 11 is 7.25. The average Bonchev–Trinajstić information content (AvgIpc) is 3.25. The number of rotatable bonds is 5. The standard InChI is InChI=1S/C24H22ClN5O2S/c1-13-28-20-10-17(23-27-11-21(33-23)22(31)29-16-3-2-4-16)19(26)9-18(20)24(32)30(13)12-14-5-7-15(25)8-6-14/h5-11,16H,2-4,12,26H2,1H3,(H,29,31). The van der Waals surface area contributed by atoms with Gasteiger partial charge in [0.25, 0.3) is 11.5 Å². The van der Waals surface area contributed by atoms with Crippen molar-refractivity contribution in [3.63, 3.8) is 0 Å². The Labute approximate surface area is 199 Å². The first kappa shape index (κ1) is 21.6. The summed E-state index contributed by atoms with van der Waals surface area (Å²) in [5, 5.41) is 4.73. The van der Waals surface area contributed by atoms with Gasteiger partial charge in [-0.2, -0.15) is 0 Å². The van der Waals surface area contributed by atoms with Crippen LogP contribution in [-0.2, 0) is 6.54 Å². The predicted molar refractivity (Wildman–Crippen MR) is 132 cm³/mol. The number of anilines is 1. The van der Waals surface area contributed by atoms with Crippen molar-refractivity contribution < 1.29 is 4.79 Å². The van der Waals surface area contributed by atoms with Gasteiger partial charge in [-0.25, -0.2) is 9.97 Å². The molecule has 4 aromatic rings. The Hall–Kier alpha value is -3.23. The van der Waals surface area contributed by atoms with Gasteiger partial charge in [0.15, 0.2) is 0 Å². The number of fused-ring (bicyclic) bond motifs is 1. The van der Waals surface area contributed by atoms with Crippen LogP contribution in [0.4, 0.5) is 5.69 Å². The third-order valence-corrected chi connectivity index (χ3v) is 7.25. The molecule has 2 aromatic carbocycles. The summed E-state index contributed by atoms with van der Waals surface area (Å²) in [6.07, 6.45) is 4.77. The van der Waals surface area contributed by atoms with E-state index < -0.39 is 0 Å². The van der Waals surface area contributed by atoms with E-state index >= 15 is 0 Å². The zero-order chi connectivity index (χ0) is 23.1. The summed E-state index contributed by atoms with van der Waals surface area (Å²) < 4.78 is 1.62. The van der Waals surface area contributed by atoms with Gasteiger partial charge in [-0.15, -0.1) is 11.3 Å². The van der Waals surface area contributed by atoms with Gasteiger partial charge >= 0.3 is 0 Å². The highest BCUT2D eigenvalue weighted by Gasteiger charge is 2.22. The maximum Gasteiger partial charge on any atom is 0.263 e. The van der Waals surface area contributed by atoms with Crippen molar-refractivity contribution in [1.82, 2.24) is 19.9 Å². The van der Waals surface area contributed by atoms with Crippen LogP contribution in [0, 0.1) is 6.92 Å². The second-order valence-corrected chi connectivity index (χ2v) is 9.73. The molecule has 5 rings (SSSR count). The number of nitrogens with zero attached hydrogens (tertiary/aromatic N) is 3. The van der Waals surface area contributed by atoms with Crippen molar-refractivity contribution in [3.05, 3.63) is 74.2 Å². The molecule has 7 nitrogen and oxygen atoms in total. The lowest BCUT2D eigenvalue weighted by atomic mass is 9.93. The fourth-order valence-corrected chi connectivity index (χ4v) is 4.84. The molecule has 1 saturated carbocycles. The predicted octanol–water partition coefficient (Wildman–Crippen LogP) is 4.39. The molecule has 0 spiro atoms. The Bertz CT molecular complexity index is 1420. The summed E-state index contributed by atoms with van der Waals surface area (Å²) in [5.74, 6) is 0.486. The van der Waals surface area contributed by atoms with E-state index in [1.54, 1.807) is 42.0 Å². The third-order valence-electron chi connectivity index (χ3n) is 5.97. The topological polar surface area (TPSA) is 103 Å². The van der Waals surface area contributed by atoms with Crippen molar-refractivity contribution in [3.8, 4) is 10.6 Å². The molecule has 9 heteroatoms. The molecule has 3 N–H and O–H groups in total. The number of halogens is 1. The number of nitrogens with two attached hydrogens (primary N) is 1. The molecule has 0 saturated heterocycles. The Morgan fingerprint density at radius 1 is 1.27 bits per heavy atom. The largest absolute Gasteiger partial charge is 0.398 e. The zero-order valence-corrected chi connectivity index (χ0v) is 19.5. The van der Waals surface area contributed by atoms with Crippen LogP contribution >= 0.6 is 22.9 Å².